The van der Waals surface area contributed by atoms with Gasteiger partial charge in [-0.1, -0.05) is 13.8 Å². The second-order valence-corrected chi connectivity index (χ2v) is 8.03. The quantitative estimate of drug-likeness (QED) is 0.647. The Morgan fingerprint density at radius 3 is 2.68 bits per heavy atom. The average Bonchev–Trinajstić information content (AvgIpc) is 2.84. The van der Waals surface area contributed by atoms with E-state index >= 15 is 0 Å². The average molecular weight is 387 g/mol. The highest BCUT2D eigenvalue weighted by Crippen LogP contribution is 2.38. The van der Waals surface area contributed by atoms with E-state index in [0.29, 0.717) is 29.0 Å². The molecule has 1 aromatic rings. The molecule has 2 aliphatic heterocycles. The molecule has 3 N–H and O–H groups in total. The summed E-state index contributed by atoms with van der Waals surface area (Å²) in [4.78, 5) is 37.4. The molecular formula is C20H25N3O5. The number of piperidine rings is 1. The number of amides is 3. The largest absolute Gasteiger partial charge is 0.490 e. The first-order valence-electron chi connectivity index (χ1n) is 9.74. The van der Waals surface area contributed by atoms with Gasteiger partial charge in [0.2, 0.25) is 11.8 Å². The molecule has 1 aromatic carbocycles. The number of fused-ring (bicyclic) bond motifs is 1. The van der Waals surface area contributed by atoms with Crippen molar-refractivity contribution in [3.8, 4) is 5.75 Å². The summed E-state index contributed by atoms with van der Waals surface area (Å²) >= 11 is 0. The van der Waals surface area contributed by atoms with Crippen molar-refractivity contribution in [2.45, 2.75) is 70.0 Å². The molecule has 150 valence electrons. The van der Waals surface area contributed by atoms with Crippen LogP contribution in [0, 0.1) is 0 Å². The Balaban J connectivity index is 1.45. The fourth-order valence-electron chi connectivity index (χ4n) is 4.14. The van der Waals surface area contributed by atoms with Crippen LogP contribution in [-0.4, -0.2) is 52.0 Å². The predicted molar refractivity (Wildman–Crippen MR) is 99.5 cm³/mol. The maximum Gasteiger partial charge on any atom is 0.257 e. The standard InChI is InChI=1S/C20H25N3O5/c1-10(2)21-11-7-13(8-11)28-12-3-4-14-15(9-12)20(27)23(19(14)26)16-5-6-17(24)22-18(16)25/h3-4,9-11,13,16,20-21,27H,5-8H2,1-2H3,(H,22,24,25)/t11-,13-,16?,20?. The maximum absolute atomic E-state index is 12.7. The van der Waals surface area contributed by atoms with Crippen LogP contribution in [0.15, 0.2) is 18.2 Å². The molecule has 1 saturated heterocycles. The van der Waals surface area contributed by atoms with Gasteiger partial charge in [-0.3, -0.25) is 24.6 Å². The van der Waals surface area contributed by atoms with E-state index in [9.17, 15) is 19.5 Å². The Kier molecular flexibility index (Phi) is 4.84. The summed E-state index contributed by atoms with van der Waals surface area (Å²) in [5.41, 5.74) is 0.792. The number of aliphatic hydroxyl groups excluding tert-OH is 1. The highest BCUT2D eigenvalue weighted by Gasteiger charge is 2.44. The lowest BCUT2D eigenvalue weighted by molar-refractivity contribution is -0.139. The van der Waals surface area contributed by atoms with Crippen molar-refractivity contribution in [1.82, 2.24) is 15.5 Å². The van der Waals surface area contributed by atoms with Crippen LogP contribution in [0.2, 0.25) is 0 Å². The molecule has 4 rings (SSSR count). The third kappa shape index (κ3) is 3.38. The number of imide groups is 1. The third-order valence-corrected chi connectivity index (χ3v) is 5.54. The Morgan fingerprint density at radius 1 is 1.25 bits per heavy atom. The number of aliphatic hydroxyl groups is 1. The molecule has 2 unspecified atom stereocenters. The Hall–Kier alpha value is -2.45. The number of carbonyl (C=O) groups excluding carboxylic acids is 3. The highest BCUT2D eigenvalue weighted by molar-refractivity contribution is 6.05. The number of nitrogens with zero attached hydrogens (tertiary/aromatic N) is 1. The monoisotopic (exact) mass is 387 g/mol. The van der Waals surface area contributed by atoms with Crippen molar-refractivity contribution in [3.63, 3.8) is 0 Å². The van der Waals surface area contributed by atoms with Crippen molar-refractivity contribution in [1.29, 1.82) is 0 Å². The number of hydrogen-bond donors (Lipinski definition) is 3. The van der Waals surface area contributed by atoms with Crippen molar-refractivity contribution >= 4 is 17.7 Å². The highest BCUT2D eigenvalue weighted by atomic mass is 16.5. The van der Waals surface area contributed by atoms with E-state index in [0.717, 1.165) is 17.7 Å². The molecule has 8 heteroatoms. The van der Waals surface area contributed by atoms with Gasteiger partial charge in [-0.05, 0) is 37.5 Å². The molecule has 0 radical (unpaired) electrons. The molecule has 8 nitrogen and oxygen atoms in total. The van der Waals surface area contributed by atoms with Crippen molar-refractivity contribution in [2.75, 3.05) is 0 Å². The Bertz CT molecular complexity index is 818. The van der Waals surface area contributed by atoms with Gasteiger partial charge in [0.25, 0.3) is 5.91 Å². The van der Waals surface area contributed by atoms with Crippen LogP contribution >= 0.6 is 0 Å². The SMILES string of the molecule is CC(C)N[C@H]1C[C@H](Oc2ccc3c(c2)C(O)N(C2CCC(=O)NC2=O)C3=O)C1. The molecular weight excluding hydrogens is 362 g/mol. The number of hydrogen-bond acceptors (Lipinski definition) is 6. The summed E-state index contributed by atoms with van der Waals surface area (Å²) in [6.07, 6.45) is 1.06. The maximum atomic E-state index is 12.7. The number of carbonyl (C=O) groups is 3. The van der Waals surface area contributed by atoms with Gasteiger partial charge in [0, 0.05) is 29.6 Å². The van der Waals surface area contributed by atoms with Crippen LogP contribution < -0.4 is 15.4 Å². The van der Waals surface area contributed by atoms with Crippen molar-refractivity contribution in [2.24, 2.45) is 0 Å². The first-order chi connectivity index (χ1) is 13.3. The smallest absolute Gasteiger partial charge is 0.257 e. The molecule has 1 aliphatic carbocycles. The third-order valence-electron chi connectivity index (χ3n) is 5.54. The topological polar surface area (TPSA) is 108 Å². The van der Waals surface area contributed by atoms with Crippen LogP contribution in [0.1, 0.15) is 61.7 Å². The van der Waals surface area contributed by atoms with Crippen LogP contribution in [0.4, 0.5) is 0 Å². The first kappa shape index (κ1) is 18.9. The molecule has 1 saturated carbocycles. The minimum atomic E-state index is -1.23. The Labute approximate surface area is 163 Å². The van der Waals surface area contributed by atoms with Gasteiger partial charge in [-0.2, -0.15) is 0 Å². The van der Waals surface area contributed by atoms with Crippen LogP contribution in [0.5, 0.6) is 5.75 Å². The molecule has 3 aliphatic rings. The van der Waals surface area contributed by atoms with Crippen molar-refractivity contribution in [3.05, 3.63) is 29.3 Å². The number of benzene rings is 1. The summed E-state index contributed by atoms with van der Waals surface area (Å²) < 4.78 is 5.98. The summed E-state index contributed by atoms with van der Waals surface area (Å²) in [7, 11) is 0. The van der Waals surface area contributed by atoms with E-state index in [-0.39, 0.29) is 24.9 Å². The normalized spacial score (nSPS) is 29.6. The fourth-order valence-corrected chi connectivity index (χ4v) is 4.14. The van der Waals surface area contributed by atoms with Gasteiger partial charge in [-0.15, -0.1) is 0 Å². The van der Waals surface area contributed by atoms with Crippen molar-refractivity contribution < 1.29 is 24.2 Å². The molecule has 2 heterocycles. The molecule has 0 spiro atoms. The number of rotatable bonds is 5. The fraction of sp³-hybridized carbons (Fsp3) is 0.550. The van der Waals surface area contributed by atoms with E-state index in [1.807, 2.05) is 0 Å². The predicted octanol–water partition coefficient (Wildman–Crippen LogP) is 0.846. The van der Waals surface area contributed by atoms with E-state index in [2.05, 4.69) is 24.5 Å². The molecule has 0 bridgehead atoms. The van der Waals surface area contributed by atoms with E-state index in [1.165, 1.54) is 0 Å². The lowest BCUT2D eigenvalue weighted by Gasteiger charge is -2.37. The van der Waals surface area contributed by atoms with Gasteiger partial charge < -0.3 is 15.2 Å². The van der Waals surface area contributed by atoms with Gasteiger partial charge in [0.05, 0.1) is 0 Å². The minimum Gasteiger partial charge on any atom is -0.490 e. The van der Waals surface area contributed by atoms with Crippen LogP contribution in [0.3, 0.4) is 0 Å². The summed E-state index contributed by atoms with van der Waals surface area (Å²) in [6.45, 7) is 4.22. The number of ether oxygens (including phenoxy) is 1. The zero-order valence-electron chi connectivity index (χ0n) is 16.0. The van der Waals surface area contributed by atoms with E-state index in [1.54, 1.807) is 18.2 Å². The zero-order valence-corrected chi connectivity index (χ0v) is 16.0. The van der Waals surface area contributed by atoms with Gasteiger partial charge in [0.1, 0.15) is 17.9 Å². The summed E-state index contributed by atoms with van der Waals surface area (Å²) in [6, 6.07) is 5.06. The lowest BCUT2D eigenvalue weighted by atomic mass is 9.88. The first-order valence-corrected chi connectivity index (χ1v) is 9.74. The number of nitrogens with one attached hydrogen (secondary N) is 2. The molecule has 0 aromatic heterocycles. The van der Waals surface area contributed by atoms with Gasteiger partial charge >= 0.3 is 0 Å². The van der Waals surface area contributed by atoms with Crippen LogP contribution in [-0.2, 0) is 9.59 Å². The van der Waals surface area contributed by atoms with E-state index in [4.69, 9.17) is 4.74 Å². The van der Waals surface area contributed by atoms with Crippen LogP contribution in [0.25, 0.3) is 0 Å². The molecule has 2 atom stereocenters. The molecule has 3 amide bonds. The van der Waals surface area contributed by atoms with Gasteiger partial charge in [0.15, 0.2) is 6.23 Å². The molecule has 2 fully saturated rings. The second kappa shape index (κ2) is 7.18. The summed E-state index contributed by atoms with van der Waals surface area (Å²) in [5.74, 6) is -0.718. The zero-order chi connectivity index (χ0) is 20.0. The van der Waals surface area contributed by atoms with Gasteiger partial charge in [-0.25, -0.2) is 0 Å². The van der Waals surface area contributed by atoms with E-state index < -0.39 is 24.1 Å². The summed E-state index contributed by atoms with van der Waals surface area (Å²) in [5, 5.41) is 16.4. The Morgan fingerprint density at radius 2 is 2.00 bits per heavy atom. The minimum absolute atomic E-state index is 0.106. The lowest BCUT2D eigenvalue weighted by Crippen LogP contribution is -2.53. The second-order valence-electron chi connectivity index (χ2n) is 8.03. The molecule has 28 heavy (non-hydrogen) atoms.